The molecule has 0 bridgehead atoms. The number of rotatable bonds is 5. The molecule has 1 aliphatic rings. The summed E-state index contributed by atoms with van der Waals surface area (Å²) in [6.07, 6.45) is 6.65. The molecule has 3 heterocycles. The van der Waals surface area contributed by atoms with E-state index in [0.29, 0.717) is 12.2 Å². The summed E-state index contributed by atoms with van der Waals surface area (Å²) < 4.78 is 0. The first kappa shape index (κ1) is 17.9. The molecule has 1 N–H and O–H groups in total. The van der Waals surface area contributed by atoms with Crippen LogP contribution in [0.2, 0.25) is 0 Å². The van der Waals surface area contributed by atoms with E-state index >= 15 is 0 Å². The smallest absolute Gasteiger partial charge is 0.271 e. The zero-order chi connectivity index (χ0) is 19.2. The third-order valence-corrected chi connectivity index (χ3v) is 4.77. The molecule has 0 radical (unpaired) electrons. The molecule has 1 saturated heterocycles. The second-order valence-corrected chi connectivity index (χ2v) is 6.61. The highest BCUT2D eigenvalue weighted by Gasteiger charge is 2.19. The SMILES string of the molecule is O=C(NCc1cccnc1)c1cnc(N2CCN(c3ccccc3)CC2)cn1. The van der Waals surface area contributed by atoms with Crippen LogP contribution in [0.15, 0.2) is 67.3 Å². The van der Waals surface area contributed by atoms with Gasteiger partial charge >= 0.3 is 0 Å². The van der Waals surface area contributed by atoms with Gasteiger partial charge in [-0.3, -0.25) is 9.78 Å². The van der Waals surface area contributed by atoms with Gasteiger partial charge in [-0.15, -0.1) is 0 Å². The molecule has 7 heteroatoms. The molecule has 4 rings (SSSR count). The molecule has 0 aliphatic carbocycles. The molecule has 1 fully saturated rings. The number of hydrogen-bond donors (Lipinski definition) is 1. The number of pyridine rings is 1. The summed E-state index contributed by atoms with van der Waals surface area (Å²) in [5.41, 5.74) is 2.50. The zero-order valence-electron chi connectivity index (χ0n) is 15.5. The number of nitrogens with one attached hydrogen (secondary N) is 1. The number of benzene rings is 1. The fourth-order valence-corrected chi connectivity index (χ4v) is 3.21. The van der Waals surface area contributed by atoms with E-state index in [9.17, 15) is 4.79 Å². The molecule has 28 heavy (non-hydrogen) atoms. The first-order valence-electron chi connectivity index (χ1n) is 9.34. The molecule has 1 aromatic carbocycles. The summed E-state index contributed by atoms with van der Waals surface area (Å²) in [5, 5.41) is 2.84. The second kappa shape index (κ2) is 8.47. The van der Waals surface area contributed by atoms with Crippen LogP contribution in [0.25, 0.3) is 0 Å². The Morgan fingerprint density at radius 3 is 2.36 bits per heavy atom. The Hall–Kier alpha value is -3.48. The van der Waals surface area contributed by atoms with Gasteiger partial charge in [-0.25, -0.2) is 9.97 Å². The van der Waals surface area contributed by atoms with Crippen LogP contribution in [0.4, 0.5) is 11.5 Å². The number of amides is 1. The minimum Gasteiger partial charge on any atom is -0.368 e. The van der Waals surface area contributed by atoms with Gasteiger partial charge in [-0.05, 0) is 23.8 Å². The topological polar surface area (TPSA) is 74.2 Å². The van der Waals surface area contributed by atoms with Gasteiger partial charge in [0.1, 0.15) is 11.5 Å². The first-order valence-corrected chi connectivity index (χ1v) is 9.34. The molecule has 0 atom stereocenters. The predicted octanol–water partition coefficient (Wildman–Crippen LogP) is 2.13. The fraction of sp³-hybridized carbons (Fsp3) is 0.238. The lowest BCUT2D eigenvalue weighted by Crippen LogP contribution is -2.46. The molecule has 7 nitrogen and oxygen atoms in total. The molecule has 0 spiro atoms. The van der Waals surface area contributed by atoms with E-state index in [1.54, 1.807) is 18.6 Å². The summed E-state index contributed by atoms with van der Waals surface area (Å²) in [5.74, 6) is 0.563. The van der Waals surface area contributed by atoms with E-state index in [2.05, 4.69) is 54.3 Å². The summed E-state index contributed by atoms with van der Waals surface area (Å²) in [6, 6.07) is 14.2. The van der Waals surface area contributed by atoms with Crippen LogP contribution in [0, 0.1) is 0 Å². The van der Waals surface area contributed by atoms with Crippen molar-refractivity contribution in [2.24, 2.45) is 0 Å². The number of nitrogens with zero attached hydrogens (tertiary/aromatic N) is 5. The molecule has 1 amide bonds. The van der Waals surface area contributed by atoms with Gasteiger partial charge in [-0.2, -0.15) is 0 Å². The number of hydrogen-bond acceptors (Lipinski definition) is 6. The molecular weight excluding hydrogens is 352 g/mol. The maximum absolute atomic E-state index is 12.3. The maximum Gasteiger partial charge on any atom is 0.271 e. The Labute approximate surface area is 164 Å². The molecule has 142 valence electrons. The van der Waals surface area contributed by atoms with Crippen LogP contribution in [-0.2, 0) is 6.54 Å². The third-order valence-electron chi connectivity index (χ3n) is 4.77. The number of para-hydroxylation sites is 1. The average molecular weight is 374 g/mol. The van der Waals surface area contributed by atoms with Crippen LogP contribution in [-0.4, -0.2) is 47.0 Å². The largest absolute Gasteiger partial charge is 0.368 e. The van der Waals surface area contributed by atoms with Crippen molar-refractivity contribution in [3.8, 4) is 0 Å². The number of carbonyl (C=O) groups is 1. The number of anilines is 2. The van der Waals surface area contributed by atoms with E-state index < -0.39 is 0 Å². The quantitative estimate of drug-likeness (QED) is 0.737. The normalized spacial score (nSPS) is 14.0. The van der Waals surface area contributed by atoms with Gasteiger partial charge in [0.25, 0.3) is 5.91 Å². The van der Waals surface area contributed by atoms with Crippen molar-refractivity contribution in [2.45, 2.75) is 6.54 Å². The molecular formula is C21H22N6O. The van der Waals surface area contributed by atoms with E-state index in [1.165, 1.54) is 11.9 Å². The van der Waals surface area contributed by atoms with Gasteiger partial charge in [0.2, 0.25) is 0 Å². The van der Waals surface area contributed by atoms with Gasteiger partial charge in [-0.1, -0.05) is 24.3 Å². The van der Waals surface area contributed by atoms with Gasteiger partial charge < -0.3 is 15.1 Å². The highest BCUT2D eigenvalue weighted by Crippen LogP contribution is 2.18. The van der Waals surface area contributed by atoms with Crippen molar-refractivity contribution in [1.29, 1.82) is 0 Å². The standard InChI is InChI=1S/C21H22N6O/c28-21(25-14-17-5-4-8-22-13-17)19-15-24-20(16-23-19)27-11-9-26(10-12-27)18-6-2-1-3-7-18/h1-8,13,15-16H,9-12,14H2,(H,25,28). The van der Waals surface area contributed by atoms with Crippen LogP contribution in [0.1, 0.15) is 16.1 Å². The van der Waals surface area contributed by atoms with Gasteiger partial charge in [0.15, 0.2) is 0 Å². The summed E-state index contributed by atoms with van der Waals surface area (Å²) in [6.45, 7) is 4.02. The Morgan fingerprint density at radius 1 is 0.893 bits per heavy atom. The van der Waals surface area contributed by atoms with Crippen molar-refractivity contribution in [3.05, 3.63) is 78.5 Å². The van der Waals surface area contributed by atoms with Crippen LogP contribution in [0.3, 0.4) is 0 Å². The van der Waals surface area contributed by atoms with E-state index in [4.69, 9.17) is 0 Å². The van der Waals surface area contributed by atoms with E-state index in [1.807, 2.05) is 18.2 Å². The predicted molar refractivity (Wildman–Crippen MR) is 108 cm³/mol. The Morgan fingerprint density at radius 2 is 1.68 bits per heavy atom. The van der Waals surface area contributed by atoms with E-state index in [-0.39, 0.29) is 5.91 Å². The maximum atomic E-state index is 12.3. The Bertz CT molecular complexity index is 893. The first-order chi connectivity index (χ1) is 13.8. The second-order valence-electron chi connectivity index (χ2n) is 6.61. The molecule has 3 aromatic rings. The third kappa shape index (κ3) is 4.25. The Balaban J connectivity index is 1.31. The number of aromatic nitrogens is 3. The lowest BCUT2D eigenvalue weighted by atomic mass is 10.2. The lowest BCUT2D eigenvalue weighted by molar-refractivity contribution is 0.0945. The van der Waals surface area contributed by atoms with Crippen LogP contribution < -0.4 is 15.1 Å². The average Bonchev–Trinajstić information content (AvgIpc) is 2.79. The monoisotopic (exact) mass is 374 g/mol. The fourth-order valence-electron chi connectivity index (χ4n) is 3.21. The Kier molecular flexibility index (Phi) is 5.42. The highest BCUT2D eigenvalue weighted by molar-refractivity contribution is 5.91. The summed E-state index contributed by atoms with van der Waals surface area (Å²) in [7, 11) is 0. The molecule has 0 saturated carbocycles. The van der Waals surface area contributed by atoms with Crippen LogP contribution >= 0.6 is 0 Å². The van der Waals surface area contributed by atoms with Crippen molar-refractivity contribution in [2.75, 3.05) is 36.0 Å². The van der Waals surface area contributed by atoms with Crippen molar-refractivity contribution < 1.29 is 4.79 Å². The van der Waals surface area contributed by atoms with E-state index in [0.717, 1.165) is 37.6 Å². The van der Waals surface area contributed by atoms with Crippen molar-refractivity contribution in [1.82, 2.24) is 20.3 Å². The summed E-state index contributed by atoms with van der Waals surface area (Å²) in [4.78, 5) is 29.6. The molecule has 1 aliphatic heterocycles. The number of carbonyl (C=O) groups excluding carboxylic acids is 1. The summed E-state index contributed by atoms with van der Waals surface area (Å²) >= 11 is 0. The van der Waals surface area contributed by atoms with Crippen molar-refractivity contribution >= 4 is 17.4 Å². The van der Waals surface area contributed by atoms with Crippen molar-refractivity contribution in [3.63, 3.8) is 0 Å². The van der Waals surface area contributed by atoms with Crippen LogP contribution in [0.5, 0.6) is 0 Å². The van der Waals surface area contributed by atoms with Gasteiger partial charge in [0.05, 0.1) is 12.4 Å². The minimum atomic E-state index is -0.239. The lowest BCUT2D eigenvalue weighted by Gasteiger charge is -2.36. The minimum absolute atomic E-state index is 0.239. The molecule has 0 unspecified atom stereocenters. The van der Waals surface area contributed by atoms with Gasteiger partial charge in [0, 0.05) is 50.8 Å². The zero-order valence-corrected chi connectivity index (χ0v) is 15.5. The molecule has 2 aromatic heterocycles. The highest BCUT2D eigenvalue weighted by atomic mass is 16.1. The number of piperazine rings is 1.